The predicted octanol–water partition coefficient (Wildman–Crippen LogP) is 2.07. The van der Waals surface area contributed by atoms with Crippen molar-refractivity contribution in [3.05, 3.63) is 42.2 Å². The first-order valence-electron chi connectivity index (χ1n) is 9.14. The lowest BCUT2D eigenvalue weighted by molar-refractivity contribution is 0.111. The van der Waals surface area contributed by atoms with Crippen molar-refractivity contribution in [3.8, 4) is 11.4 Å². The van der Waals surface area contributed by atoms with E-state index in [0.29, 0.717) is 5.92 Å². The maximum atomic E-state index is 5.52. The molecule has 0 unspecified atom stereocenters. The maximum absolute atomic E-state index is 5.52. The summed E-state index contributed by atoms with van der Waals surface area (Å²) in [6, 6.07) is 10.3. The Morgan fingerprint density at radius 1 is 1.19 bits per heavy atom. The molecule has 2 aliphatic rings. The quantitative estimate of drug-likeness (QED) is 0.734. The summed E-state index contributed by atoms with van der Waals surface area (Å²) < 4.78 is 7.43. The molecule has 5 rings (SSSR count). The molecule has 3 aromatic heterocycles. The van der Waals surface area contributed by atoms with Crippen LogP contribution in [0.25, 0.3) is 17.0 Å². The summed E-state index contributed by atoms with van der Waals surface area (Å²) in [6.45, 7) is 1.72. The molecule has 0 bridgehead atoms. The summed E-state index contributed by atoms with van der Waals surface area (Å²) in [6.07, 6.45) is 4.46. The molecule has 2 fully saturated rings. The van der Waals surface area contributed by atoms with Crippen LogP contribution in [0.1, 0.15) is 24.5 Å². The van der Waals surface area contributed by atoms with E-state index in [2.05, 4.69) is 21.7 Å². The second kappa shape index (κ2) is 6.34. The van der Waals surface area contributed by atoms with E-state index in [9.17, 15) is 0 Å². The molecule has 0 aromatic carbocycles. The standard InChI is InChI=1S/C19H22N6O/c1-26-17-11-20-9-15(17)23-18-4-2-3-14(22-18)16-10-21-19-8-7-13(12-5-6-12)24-25(16)19/h2-4,7-8,10,12,15,17,20H,5-6,9,11H2,1H3,(H,22,23)/t15-,17-/m0/s1. The molecule has 7 nitrogen and oxygen atoms in total. The average Bonchev–Trinajstić information content (AvgIpc) is 3.29. The molecule has 1 saturated heterocycles. The Morgan fingerprint density at radius 2 is 2.12 bits per heavy atom. The molecule has 0 radical (unpaired) electrons. The van der Waals surface area contributed by atoms with Gasteiger partial charge in [0.15, 0.2) is 5.65 Å². The summed E-state index contributed by atoms with van der Waals surface area (Å²) in [4.78, 5) is 9.28. The monoisotopic (exact) mass is 350 g/mol. The summed E-state index contributed by atoms with van der Waals surface area (Å²) >= 11 is 0. The first-order chi connectivity index (χ1) is 12.8. The third-order valence-corrected chi connectivity index (χ3v) is 5.18. The van der Waals surface area contributed by atoms with Crippen LogP contribution in [0.15, 0.2) is 36.5 Å². The number of nitrogens with one attached hydrogen (secondary N) is 2. The minimum Gasteiger partial charge on any atom is -0.378 e. The van der Waals surface area contributed by atoms with Crippen molar-refractivity contribution in [1.29, 1.82) is 0 Å². The fourth-order valence-electron chi connectivity index (χ4n) is 3.55. The highest BCUT2D eigenvalue weighted by Crippen LogP contribution is 2.39. The van der Waals surface area contributed by atoms with Gasteiger partial charge in [-0.3, -0.25) is 0 Å². The number of anilines is 1. The zero-order valence-corrected chi connectivity index (χ0v) is 14.7. The van der Waals surface area contributed by atoms with Crippen molar-refractivity contribution in [1.82, 2.24) is 24.9 Å². The zero-order chi connectivity index (χ0) is 17.5. The van der Waals surface area contributed by atoms with Crippen LogP contribution in [0.4, 0.5) is 5.82 Å². The zero-order valence-electron chi connectivity index (χ0n) is 14.7. The molecule has 1 aliphatic carbocycles. The van der Waals surface area contributed by atoms with Gasteiger partial charge in [0.2, 0.25) is 0 Å². The number of aromatic nitrogens is 4. The Labute approximate surface area is 151 Å². The number of pyridine rings is 1. The molecule has 4 heterocycles. The molecule has 7 heteroatoms. The van der Waals surface area contributed by atoms with E-state index in [-0.39, 0.29) is 12.1 Å². The second-order valence-electron chi connectivity index (χ2n) is 7.04. The minimum atomic E-state index is 0.152. The molecule has 0 spiro atoms. The molecule has 1 saturated carbocycles. The Kier molecular flexibility index (Phi) is 3.83. The van der Waals surface area contributed by atoms with E-state index in [1.54, 1.807) is 7.11 Å². The molecule has 3 aromatic rings. The van der Waals surface area contributed by atoms with Crippen molar-refractivity contribution in [2.24, 2.45) is 0 Å². The Morgan fingerprint density at radius 3 is 2.96 bits per heavy atom. The van der Waals surface area contributed by atoms with Gasteiger partial charge in [0.1, 0.15) is 11.5 Å². The normalized spacial score (nSPS) is 22.8. The van der Waals surface area contributed by atoms with Gasteiger partial charge in [-0.05, 0) is 37.1 Å². The van der Waals surface area contributed by atoms with Gasteiger partial charge in [-0.15, -0.1) is 0 Å². The lowest BCUT2D eigenvalue weighted by atomic mass is 10.2. The number of nitrogens with zero attached hydrogens (tertiary/aromatic N) is 4. The van der Waals surface area contributed by atoms with E-state index in [0.717, 1.165) is 41.6 Å². The van der Waals surface area contributed by atoms with Crippen LogP contribution in [-0.4, -0.2) is 51.9 Å². The summed E-state index contributed by atoms with van der Waals surface area (Å²) in [5, 5.41) is 11.6. The van der Waals surface area contributed by atoms with Gasteiger partial charge < -0.3 is 15.4 Å². The smallest absolute Gasteiger partial charge is 0.154 e. The summed E-state index contributed by atoms with van der Waals surface area (Å²) in [7, 11) is 1.75. The Bertz CT molecular complexity index is 935. The van der Waals surface area contributed by atoms with Gasteiger partial charge in [-0.1, -0.05) is 6.07 Å². The van der Waals surface area contributed by atoms with Gasteiger partial charge in [-0.2, -0.15) is 5.10 Å². The number of rotatable bonds is 5. The van der Waals surface area contributed by atoms with E-state index < -0.39 is 0 Å². The Balaban J connectivity index is 1.46. The number of hydrogen-bond acceptors (Lipinski definition) is 6. The first-order valence-corrected chi connectivity index (χ1v) is 9.14. The Hall–Kier alpha value is -2.51. The fourth-order valence-corrected chi connectivity index (χ4v) is 3.55. The number of imidazole rings is 1. The average molecular weight is 350 g/mol. The third kappa shape index (κ3) is 2.83. The molecule has 2 N–H and O–H groups in total. The lowest BCUT2D eigenvalue weighted by Gasteiger charge is -2.19. The highest BCUT2D eigenvalue weighted by molar-refractivity contribution is 5.61. The molecular weight excluding hydrogens is 328 g/mol. The highest BCUT2D eigenvalue weighted by Gasteiger charge is 2.27. The number of methoxy groups -OCH3 is 1. The van der Waals surface area contributed by atoms with E-state index in [1.807, 2.05) is 35.0 Å². The number of ether oxygens (including phenoxy) is 1. The van der Waals surface area contributed by atoms with Crippen LogP contribution in [0.3, 0.4) is 0 Å². The third-order valence-electron chi connectivity index (χ3n) is 5.18. The largest absolute Gasteiger partial charge is 0.378 e. The fraction of sp³-hybridized carbons (Fsp3) is 0.421. The highest BCUT2D eigenvalue weighted by atomic mass is 16.5. The van der Waals surface area contributed by atoms with Gasteiger partial charge in [0, 0.05) is 26.1 Å². The predicted molar refractivity (Wildman–Crippen MR) is 99.3 cm³/mol. The van der Waals surface area contributed by atoms with Gasteiger partial charge in [0.25, 0.3) is 0 Å². The van der Waals surface area contributed by atoms with Crippen LogP contribution >= 0.6 is 0 Å². The summed E-state index contributed by atoms with van der Waals surface area (Å²) in [5.41, 5.74) is 3.77. The van der Waals surface area contributed by atoms with Crippen molar-refractivity contribution in [2.45, 2.75) is 30.9 Å². The molecule has 0 amide bonds. The van der Waals surface area contributed by atoms with Crippen LogP contribution in [0.2, 0.25) is 0 Å². The molecular formula is C19H22N6O. The minimum absolute atomic E-state index is 0.152. The van der Waals surface area contributed by atoms with E-state index in [1.165, 1.54) is 12.8 Å². The van der Waals surface area contributed by atoms with Gasteiger partial charge in [0.05, 0.1) is 29.7 Å². The number of fused-ring (bicyclic) bond motifs is 1. The van der Waals surface area contributed by atoms with Gasteiger partial charge in [-0.25, -0.2) is 14.5 Å². The van der Waals surface area contributed by atoms with Crippen LogP contribution in [-0.2, 0) is 4.74 Å². The van der Waals surface area contributed by atoms with Gasteiger partial charge >= 0.3 is 0 Å². The van der Waals surface area contributed by atoms with Crippen LogP contribution < -0.4 is 10.6 Å². The molecule has 1 aliphatic heterocycles. The SMILES string of the molecule is CO[C@H]1CNC[C@@H]1Nc1cccc(-c2cnc3ccc(C4CC4)nn23)n1. The summed E-state index contributed by atoms with van der Waals surface area (Å²) in [5.74, 6) is 1.45. The molecule has 2 atom stereocenters. The van der Waals surface area contributed by atoms with Crippen molar-refractivity contribution in [3.63, 3.8) is 0 Å². The topological polar surface area (TPSA) is 76.4 Å². The molecule has 26 heavy (non-hydrogen) atoms. The van der Waals surface area contributed by atoms with Crippen molar-refractivity contribution in [2.75, 3.05) is 25.5 Å². The van der Waals surface area contributed by atoms with Crippen LogP contribution in [0.5, 0.6) is 0 Å². The molecule has 134 valence electrons. The lowest BCUT2D eigenvalue weighted by Crippen LogP contribution is -2.33. The first kappa shape index (κ1) is 15.7. The van der Waals surface area contributed by atoms with Crippen molar-refractivity contribution >= 4 is 11.5 Å². The van der Waals surface area contributed by atoms with E-state index in [4.69, 9.17) is 14.8 Å². The second-order valence-corrected chi connectivity index (χ2v) is 7.04. The van der Waals surface area contributed by atoms with Crippen molar-refractivity contribution < 1.29 is 4.74 Å². The maximum Gasteiger partial charge on any atom is 0.154 e. The van der Waals surface area contributed by atoms with Crippen LogP contribution in [0, 0.1) is 0 Å². The van der Waals surface area contributed by atoms with E-state index >= 15 is 0 Å². The number of hydrogen-bond donors (Lipinski definition) is 2.